The number of benzene rings is 1. The first-order valence-corrected chi connectivity index (χ1v) is 6.77. The third kappa shape index (κ3) is 3.26. The van der Waals surface area contributed by atoms with Crippen molar-refractivity contribution in [3.05, 3.63) is 28.8 Å². The Morgan fingerprint density at radius 2 is 2.14 bits per heavy atom. The Kier molecular flexibility index (Phi) is 4.05. The van der Waals surface area contributed by atoms with Crippen molar-refractivity contribution in [1.82, 2.24) is 5.32 Å². The van der Waals surface area contributed by atoms with E-state index in [0.717, 1.165) is 12.8 Å². The fraction of sp³-hybridized carbons (Fsp3) is 0.357. The molecule has 3 N–H and O–H groups in total. The number of carboxylic acids is 1. The largest absolute Gasteiger partial charge is 0.480 e. The van der Waals surface area contributed by atoms with Crippen molar-refractivity contribution in [3.63, 3.8) is 0 Å². The van der Waals surface area contributed by atoms with Crippen LogP contribution in [-0.4, -0.2) is 22.6 Å². The highest BCUT2D eigenvalue weighted by molar-refractivity contribution is 6.32. The predicted molar refractivity (Wildman–Crippen MR) is 77.1 cm³/mol. The minimum Gasteiger partial charge on any atom is -0.480 e. The van der Waals surface area contributed by atoms with E-state index in [4.69, 9.17) is 16.9 Å². The second-order valence-electron chi connectivity index (χ2n) is 5.17. The van der Waals surface area contributed by atoms with Gasteiger partial charge in [-0.25, -0.2) is 9.59 Å². The molecule has 0 spiro atoms. The van der Waals surface area contributed by atoms with E-state index in [0.29, 0.717) is 11.3 Å². The number of rotatable bonds is 4. The molecule has 0 radical (unpaired) electrons. The zero-order valence-corrected chi connectivity index (χ0v) is 12.1. The summed E-state index contributed by atoms with van der Waals surface area (Å²) >= 11 is 5.87. The molecule has 1 aromatic rings. The van der Waals surface area contributed by atoms with E-state index < -0.39 is 17.5 Å². The first-order chi connectivity index (χ1) is 9.86. The van der Waals surface area contributed by atoms with Gasteiger partial charge in [0.15, 0.2) is 0 Å². The molecule has 21 heavy (non-hydrogen) atoms. The number of amides is 2. The molecule has 0 bridgehead atoms. The molecule has 1 aliphatic carbocycles. The van der Waals surface area contributed by atoms with Crippen LogP contribution in [0.25, 0.3) is 0 Å². The predicted octanol–water partition coefficient (Wildman–Crippen LogP) is 2.59. The summed E-state index contributed by atoms with van der Waals surface area (Å²) in [5.41, 5.74) is -0.587. The molecule has 2 amide bonds. The summed E-state index contributed by atoms with van der Waals surface area (Å²) in [6, 6.07) is 5.74. The van der Waals surface area contributed by atoms with Crippen LogP contribution in [0.4, 0.5) is 10.5 Å². The van der Waals surface area contributed by atoms with Crippen molar-refractivity contribution < 1.29 is 14.7 Å². The minimum atomic E-state index is -1.28. The zero-order chi connectivity index (χ0) is 15.6. The molecular weight excluding hydrogens is 294 g/mol. The zero-order valence-electron chi connectivity index (χ0n) is 11.3. The van der Waals surface area contributed by atoms with Crippen molar-refractivity contribution >= 4 is 29.3 Å². The molecule has 2 rings (SSSR count). The standard InChI is InChI=1S/C14H14ClN3O3/c1-14(12(19)20,9-3-4-9)18-13(21)17-10-5-2-8(7-16)11(15)6-10/h2,5-6,9H,3-4H2,1H3,(H,19,20)(H2,17,18,21). The van der Waals surface area contributed by atoms with E-state index in [1.807, 2.05) is 6.07 Å². The lowest BCUT2D eigenvalue weighted by molar-refractivity contribution is -0.144. The van der Waals surface area contributed by atoms with Crippen molar-refractivity contribution in [2.24, 2.45) is 5.92 Å². The van der Waals surface area contributed by atoms with Gasteiger partial charge >= 0.3 is 12.0 Å². The first kappa shape index (κ1) is 15.1. The summed E-state index contributed by atoms with van der Waals surface area (Å²) in [4.78, 5) is 23.3. The van der Waals surface area contributed by atoms with Gasteiger partial charge in [0.2, 0.25) is 0 Å². The lowest BCUT2D eigenvalue weighted by Gasteiger charge is -2.26. The SMILES string of the molecule is CC(NC(=O)Nc1ccc(C#N)c(Cl)c1)(C(=O)O)C1CC1. The number of carbonyl (C=O) groups is 2. The fourth-order valence-corrected chi connectivity index (χ4v) is 2.30. The molecule has 0 saturated heterocycles. The molecule has 0 aliphatic heterocycles. The Bertz CT molecular complexity index is 637. The second-order valence-corrected chi connectivity index (χ2v) is 5.57. The Morgan fingerprint density at radius 1 is 1.48 bits per heavy atom. The van der Waals surface area contributed by atoms with Crippen molar-refractivity contribution in [1.29, 1.82) is 5.26 Å². The highest BCUT2D eigenvalue weighted by Gasteiger charge is 2.48. The number of nitriles is 1. The quantitative estimate of drug-likeness (QED) is 0.795. The van der Waals surface area contributed by atoms with Gasteiger partial charge in [0.1, 0.15) is 11.6 Å². The van der Waals surface area contributed by atoms with Gasteiger partial charge in [0.25, 0.3) is 0 Å². The molecule has 1 aromatic carbocycles. The summed E-state index contributed by atoms with van der Waals surface area (Å²) in [6.45, 7) is 1.50. The lowest BCUT2D eigenvalue weighted by Crippen LogP contribution is -2.55. The number of aliphatic carboxylic acids is 1. The van der Waals surface area contributed by atoms with Crippen molar-refractivity contribution in [2.75, 3.05) is 5.32 Å². The molecule has 1 saturated carbocycles. The third-order valence-corrected chi connectivity index (χ3v) is 3.87. The van der Waals surface area contributed by atoms with Crippen LogP contribution in [0.1, 0.15) is 25.3 Å². The summed E-state index contributed by atoms with van der Waals surface area (Å²) in [5.74, 6) is -1.11. The van der Waals surface area contributed by atoms with Crippen LogP contribution in [0.2, 0.25) is 5.02 Å². The topological polar surface area (TPSA) is 102 Å². The molecule has 1 fully saturated rings. The Labute approximate surface area is 126 Å². The lowest BCUT2D eigenvalue weighted by atomic mass is 9.96. The maximum absolute atomic E-state index is 11.9. The number of nitrogens with one attached hydrogen (secondary N) is 2. The van der Waals surface area contributed by atoms with Gasteiger partial charge in [-0.1, -0.05) is 11.6 Å². The van der Waals surface area contributed by atoms with Gasteiger partial charge in [0, 0.05) is 5.69 Å². The summed E-state index contributed by atoms with van der Waals surface area (Å²) in [7, 11) is 0. The number of halogens is 1. The molecular formula is C14H14ClN3O3. The molecule has 0 aromatic heterocycles. The number of hydrogen-bond donors (Lipinski definition) is 3. The molecule has 6 nitrogen and oxygen atoms in total. The minimum absolute atomic E-state index is 0.0506. The van der Waals surface area contributed by atoms with Crippen LogP contribution >= 0.6 is 11.6 Å². The van der Waals surface area contributed by atoms with Crippen LogP contribution < -0.4 is 10.6 Å². The van der Waals surface area contributed by atoms with Gasteiger partial charge in [0.05, 0.1) is 10.6 Å². The molecule has 1 unspecified atom stereocenters. The molecule has 1 aliphatic rings. The third-order valence-electron chi connectivity index (χ3n) is 3.56. The molecule has 7 heteroatoms. The number of hydrogen-bond acceptors (Lipinski definition) is 3. The summed E-state index contributed by atoms with van der Waals surface area (Å²) in [6.07, 6.45) is 1.57. The Balaban J connectivity index is 2.06. The molecule has 110 valence electrons. The Morgan fingerprint density at radius 3 is 2.62 bits per heavy atom. The van der Waals surface area contributed by atoms with E-state index in [1.165, 1.54) is 25.1 Å². The highest BCUT2D eigenvalue weighted by atomic mass is 35.5. The van der Waals surface area contributed by atoms with Crippen LogP contribution in [0.5, 0.6) is 0 Å². The molecule has 1 atom stereocenters. The van der Waals surface area contributed by atoms with Crippen LogP contribution in [0.3, 0.4) is 0 Å². The molecule has 0 heterocycles. The highest BCUT2D eigenvalue weighted by Crippen LogP contribution is 2.39. The van der Waals surface area contributed by atoms with Gasteiger partial charge in [-0.05, 0) is 43.9 Å². The van der Waals surface area contributed by atoms with E-state index >= 15 is 0 Å². The van der Waals surface area contributed by atoms with E-state index in [2.05, 4.69) is 10.6 Å². The van der Waals surface area contributed by atoms with E-state index in [-0.39, 0.29) is 10.9 Å². The van der Waals surface area contributed by atoms with Gasteiger partial charge in [-0.3, -0.25) is 0 Å². The van der Waals surface area contributed by atoms with Crippen LogP contribution in [0, 0.1) is 17.2 Å². The van der Waals surface area contributed by atoms with E-state index in [1.54, 1.807) is 0 Å². The maximum atomic E-state index is 11.9. The normalized spacial score (nSPS) is 16.4. The number of urea groups is 1. The number of carboxylic acid groups (broad SMARTS) is 1. The first-order valence-electron chi connectivity index (χ1n) is 6.39. The van der Waals surface area contributed by atoms with Crippen LogP contribution in [-0.2, 0) is 4.79 Å². The smallest absolute Gasteiger partial charge is 0.329 e. The van der Waals surface area contributed by atoms with E-state index in [9.17, 15) is 14.7 Å². The number of nitrogens with zero attached hydrogens (tertiary/aromatic N) is 1. The average Bonchev–Trinajstić information content (AvgIpc) is 3.22. The Hall–Kier alpha value is -2.26. The van der Waals surface area contributed by atoms with Gasteiger partial charge in [-0.2, -0.15) is 5.26 Å². The van der Waals surface area contributed by atoms with Gasteiger partial charge in [-0.15, -0.1) is 0 Å². The number of carbonyl (C=O) groups excluding carboxylic acids is 1. The number of anilines is 1. The fourth-order valence-electron chi connectivity index (χ4n) is 2.07. The summed E-state index contributed by atoms with van der Waals surface area (Å²) in [5, 5.41) is 23.3. The maximum Gasteiger partial charge on any atom is 0.329 e. The second kappa shape index (κ2) is 5.62. The summed E-state index contributed by atoms with van der Waals surface area (Å²) < 4.78 is 0. The van der Waals surface area contributed by atoms with Crippen molar-refractivity contribution in [3.8, 4) is 6.07 Å². The van der Waals surface area contributed by atoms with Crippen molar-refractivity contribution in [2.45, 2.75) is 25.3 Å². The van der Waals surface area contributed by atoms with Crippen LogP contribution in [0.15, 0.2) is 18.2 Å². The monoisotopic (exact) mass is 307 g/mol. The van der Waals surface area contributed by atoms with Gasteiger partial charge < -0.3 is 15.7 Å². The average molecular weight is 308 g/mol.